The van der Waals surface area contributed by atoms with Gasteiger partial charge in [-0.3, -0.25) is 4.79 Å². The first-order valence-electron chi connectivity index (χ1n) is 10.2. The second kappa shape index (κ2) is 12.6. The first-order valence-corrected chi connectivity index (χ1v) is 10.2. The monoisotopic (exact) mass is 413 g/mol. The van der Waals surface area contributed by atoms with Gasteiger partial charge in [-0.25, -0.2) is 4.79 Å². The van der Waals surface area contributed by atoms with E-state index in [0.29, 0.717) is 32.4 Å². The van der Waals surface area contributed by atoms with Crippen LogP contribution in [-0.2, 0) is 25.6 Å². The minimum Gasteiger partial charge on any atom is -0.458 e. The number of ether oxygens (including phenoxy) is 3. The van der Waals surface area contributed by atoms with Gasteiger partial charge in [0.1, 0.15) is 12.7 Å². The van der Waals surface area contributed by atoms with Gasteiger partial charge in [0.05, 0.1) is 18.8 Å². The molecule has 0 fully saturated rings. The highest BCUT2D eigenvalue weighted by atomic mass is 16.6. The van der Waals surface area contributed by atoms with Gasteiger partial charge in [-0.2, -0.15) is 0 Å². The minimum atomic E-state index is -0.399. The fourth-order valence-electron chi connectivity index (χ4n) is 3.33. The number of carbonyl (C=O) groups is 2. The van der Waals surface area contributed by atoms with E-state index in [9.17, 15) is 9.59 Å². The van der Waals surface area contributed by atoms with Gasteiger partial charge >= 0.3 is 12.1 Å². The predicted molar refractivity (Wildman–Crippen MR) is 116 cm³/mol. The summed E-state index contributed by atoms with van der Waals surface area (Å²) in [6.45, 7) is 9.89. The van der Waals surface area contributed by atoms with Crippen molar-refractivity contribution in [3.8, 4) is 0 Å². The van der Waals surface area contributed by atoms with Crippen LogP contribution in [0.2, 0.25) is 0 Å². The van der Waals surface area contributed by atoms with Crippen LogP contribution >= 0.6 is 0 Å². The van der Waals surface area contributed by atoms with E-state index in [1.807, 2.05) is 42.5 Å². The van der Waals surface area contributed by atoms with Crippen molar-refractivity contribution in [2.45, 2.75) is 51.0 Å². The molecule has 0 heterocycles. The molecular weight excluding hydrogens is 382 g/mol. The van der Waals surface area contributed by atoms with Crippen LogP contribution < -0.4 is 0 Å². The standard InChI is InChI=1S/C24H31NO5/c1-4-6-14-25(24(27)29-18-20-10-8-7-9-11-20)21-12-13-22(30-19(3)26)17-23(16-21)28-15-5-2/h4-5,7-13,21-23H,1-2,6,14-18H2,3H3/t21-,22-,23+/m1/s1. The Bertz CT molecular complexity index is 730. The van der Waals surface area contributed by atoms with Gasteiger partial charge in [0.25, 0.3) is 0 Å². The zero-order valence-corrected chi connectivity index (χ0v) is 17.6. The average molecular weight is 414 g/mol. The van der Waals surface area contributed by atoms with Crippen molar-refractivity contribution in [2.75, 3.05) is 13.2 Å². The molecule has 3 atom stereocenters. The topological polar surface area (TPSA) is 65.1 Å². The highest BCUT2D eigenvalue weighted by Gasteiger charge is 2.30. The first-order chi connectivity index (χ1) is 14.5. The van der Waals surface area contributed by atoms with E-state index >= 15 is 0 Å². The van der Waals surface area contributed by atoms with Crippen molar-refractivity contribution in [2.24, 2.45) is 0 Å². The lowest BCUT2D eigenvalue weighted by Crippen LogP contribution is -2.42. The number of hydrogen-bond donors (Lipinski definition) is 0. The largest absolute Gasteiger partial charge is 0.458 e. The summed E-state index contributed by atoms with van der Waals surface area (Å²) in [6.07, 6.45) is 7.91. The van der Waals surface area contributed by atoms with E-state index in [1.165, 1.54) is 6.92 Å². The number of hydrogen-bond acceptors (Lipinski definition) is 5. The fraction of sp³-hybridized carbons (Fsp3) is 0.417. The number of amides is 1. The fourth-order valence-corrected chi connectivity index (χ4v) is 3.33. The maximum absolute atomic E-state index is 12.9. The molecule has 1 aromatic carbocycles. The molecule has 1 aliphatic rings. The van der Waals surface area contributed by atoms with Crippen LogP contribution in [0.1, 0.15) is 31.7 Å². The molecule has 0 aliphatic heterocycles. The van der Waals surface area contributed by atoms with E-state index in [4.69, 9.17) is 14.2 Å². The van der Waals surface area contributed by atoms with Crippen LogP contribution in [0.15, 0.2) is 67.8 Å². The third-order valence-corrected chi connectivity index (χ3v) is 4.73. The highest BCUT2D eigenvalue weighted by molar-refractivity contribution is 5.68. The lowest BCUT2D eigenvalue weighted by molar-refractivity contribution is -0.145. The molecule has 0 unspecified atom stereocenters. The quantitative estimate of drug-likeness (QED) is 0.420. The summed E-state index contributed by atoms with van der Waals surface area (Å²) in [5, 5.41) is 0. The van der Waals surface area contributed by atoms with Gasteiger partial charge in [-0.05, 0) is 24.5 Å². The number of benzene rings is 1. The summed E-state index contributed by atoms with van der Waals surface area (Å²) in [6, 6.07) is 9.31. The normalized spacial score (nSPS) is 20.6. The number of carbonyl (C=O) groups excluding carboxylic acids is 2. The summed E-state index contributed by atoms with van der Waals surface area (Å²) in [4.78, 5) is 26.0. The van der Waals surface area contributed by atoms with Gasteiger partial charge in [-0.1, -0.05) is 48.6 Å². The Morgan fingerprint density at radius 2 is 1.90 bits per heavy atom. The summed E-state index contributed by atoms with van der Waals surface area (Å²) in [5.41, 5.74) is 0.924. The van der Waals surface area contributed by atoms with Gasteiger partial charge < -0.3 is 19.1 Å². The molecule has 1 amide bonds. The lowest BCUT2D eigenvalue weighted by atomic mass is 10.1. The van der Waals surface area contributed by atoms with Crippen LogP contribution in [0.25, 0.3) is 0 Å². The summed E-state index contributed by atoms with van der Waals surface area (Å²) < 4.78 is 16.8. The van der Waals surface area contributed by atoms with Crippen molar-refractivity contribution in [1.29, 1.82) is 0 Å². The van der Waals surface area contributed by atoms with E-state index in [0.717, 1.165) is 5.56 Å². The molecule has 6 nitrogen and oxygen atoms in total. The van der Waals surface area contributed by atoms with Crippen molar-refractivity contribution in [1.82, 2.24) is 4.90 Å². The van der Waals surface area contributed by atoms with Crippen LogP contribution in [0, 0.1) is 0 Å². The Balaban J connectivity index is 2.14. The van der Waals surface area contributed by atoms with E-state index < -0.39 is 12.2 Å². The smallest absolute Gasteiger partial charge is 0.410 e. The molecule has 30 heavy (non-hydrogen) atoms. The van der Waals surface area contributed by atoms with Crippen molar-refractivity contribution < 1.29 is 23.8 Å². The molecule has 0 radical (unpaired) electrons. The zero-order valence-electron chi connectivity index (χ0n) is 17.6. The van der Waals surface area contributed by atoms with Crippen molar-refractivity contribution >= 4 is 12.1 Å². The third kappa shape index (κ3) is 7.87. The second-order valence-corrected chi connectivity index (χ2v) is 7.13. The van der Waals surface area contributed by atoms with Gasteiger partial charge in [0.2, 0.25) is 0 Å². The molecule has 0 aromatic heterocycles. The van der Waals surface area contributed by atoms with E-state index in [2.05, 4.69) is 13.2 Å². The lowest BCUT2D eigenvalue weighted by Gasteiger charge is -2.30. The van der Waals surface area contributed by atoms with Gasteiger partial charge in [-0.15, -0.1) is 13.2 Å². The Morgan fingerprint density at radius 3 is 2.57 bits per heavy atom. The molecule has 2 rings (SSSR count). The number of rotatable bonds is 10. The molecule has 0 spiro atoms. The maximum atomic E-state index is 12.9. The second-order valence-electron chi connectivity index (χ2n) is 7.13. The van der Waals surface area contributed by atoms with Crippen molar-refractivity contribution in [3.63, 3.8) is 0 Å². The van der Waals surface area contributed by atoms with Gasteiger partial charge in [0.15, 0.2) is 0 Å². The molecule has 162 valence electrons. The summed E-state index contributed by atoms with van der Waals surface area (Å²) >= 11 is 0. The van der Waals surface area contributed by atoms with Crippen LogP contribution in [0.3, 0.4) is 0 Å². The number of nitrogens with zero attached hydrogens (tertiary/aromatic N) is 1. The van der Waals surface area contributed by atoms with Crippen molar-refractivity contribution in [3.05, 3.63) is 73.4 Å². The molecule has 1 aromatic rings. The van der Waals surface area contributed by atoms with Crippen LogP contribution in [0.5, 0.6) is 0 Å². The van der Waals surface area contributed by atoms with Gasteiger partial charge in [0, 0.05) is 19.9 Å². The predicted octanol–water partition coefficient (Wildman–Crippen LogP) is 4.42. The Morgan fingerprint density at radius 1 is 1.13 bits per heavy atom. The summed E-state index contributed by atoms with van der Waals surface area (Å²) in [5.74, 6) is -0.351. The van der Waals surface area contributed by atoms with E-state index in [-0.39, 0.29) is 24.7 Å². The molecule has 6 heteroatoms. The Kier molecular flexibility index (Phi) is 9.87. The summed E-state index contributed by atoms with van der Waals surface area (Å²) in [7, 11) is 0. The molecule has 0 bridgehead atoms. The van der Waals surface area contributed by atoms with E-state index in [1.54, 1.807) is 17.1 Å². The SMILES string of the molecule is C=CCCN(C(=O)OCc1ccccc1)[C@@H]1C=C[C@@H](OC(C)=O)C[C@@H](OCC=C)C1. The minimum absolute atomic E-state index is 0.194. The zero-order chi connectivity index (χ0) is 21.8. The molecule has 1 aliphatic carbocycles. The Hall–Kier alpha value is -2.86. The third-order valence-electron chi connectivity index (χ3n) is 4.73. The first kappa shape index (κ1) is 23.4. The molecular formula is C24H31NO5. The maximum Gasteiger partial charge on any atom is 0.410 e. The average Bonchev–Trinajstić information content (AvgIpc) is 2.93. The van der Waals surface area contributed by atoms with Crippen LogP contribution in [0.4, 0.5) is 4.79 Å². The molecule has 0 N–H and O–H groups in total. The number of esters is 1. The molecule has 0 saturated heterocycles. The Labute approximate surface area is 178 Å². The molecule has 0 saturated carbocycles. The van der Waals surface area contributed by atoms with Crippen LogP contribution in [-0.4, -0.2) is 48.4 Å². The highest BCUT2D eigenvalue weighted by Crippen LogP contribution is 2.23.